The molecule has 4 rings (SSSR count). The molecule has 0 spiro atoms. The molecule has 0 radical (unpaired) electrons. The lowest BCUT2D eigenvalue weighted by atomic mass is 10.0. The normalized spacial score (nSPS) is 11.0. The van der Waals surface area contributed by atoms with E-state index in [1.54, 1.807) is 6.20 Å². The van der Waals surface area contributed by atoms with Crippen LogP contribution in [0.25, 0.3) is 34.5 Å². The average Bonchev–Trinajstić information content (AvgIpc) is 2.92. The first-order valence-corrected chi connectivity index (χ1v) is 12.3. The van der Waals surface area contributed by atoms with Crippen LogP contribution in [0.2, 0.25) is 0 Å². The summed E-state index contributed by atoms with van der Waals surface area (Å²) in [4.78, 5) is 4.26. The van der Waals surface area contributed by atoms with Crippen LogP contribution in [0, 0.1) is 11.6 Å². The van der Waals surface area contributed by atoms with Gasteiger partial charge in [-0.3, -0.25) is 4.98 Å². The highest BCUT2D eigenvalue weighted by molar-refractivity contribution is 5.74. The van der Waals surface area contributed by atoms with Crippen LogP contribution in [-0.2, 0) is 4.74 Å². The average molecular weight is 498 g/mol. The molecule has 0 aliphatic rings. The van der Waals surface area contributed by atoms with Crippen molar-refractivity contribution in [3.8, 4) is 28.1 Å². The summed E-state index contributed by atoms with van der Waals surface area (Å²) >= 11 is 0. The van der Waals surface area contributed by atoms with E-state index in [0.29, 0.717) is 18.9 Å². The molecular formula is C32H29F2NO2. The van der Waals surface area contributed by atoms with Gasteiger partial charge in [0.15, 0.2) is 0 Å². The summed E-state index contributed by atoms with van der Waals surface area (Å²) in [5, 5.41) is 0. The van der Waals surface area contributed by atoms with Crippen molar-refractivity contribution in [2.24, 2.45) is 0 Å². The molecule has 0 fully saturated rings. The fourth-order valence-electron chi connectivity index (χ4n) is 3.85. The zero-order chi connectivity index (χ0) is 25.9. The van der Waals surface area contributed by atoms with Gasteiger partial charge in [0.25, 0.3) is 0 Å². The third-order valence-electron chi connectivity index (χ3n) is 5.85. The van der Waals surface area contributed by atoms with E-state index in [0.717, 1.165) is 53.3 Å². The van der Waals surface area contributed by atoms with Crippen LogP contribution >= 0.6 is 0 Å². The molecule has 0 aliphatic carbocycles. The predicted octanol–water partition coefficient (Wildman–Crippen LogP) is 8.57. The summed E-state index contributed by atoms with van der Waals surface area (Å²) in [6.07, 6.45) is 10.3. The molecule has 4 aromatic rings. The van der Waals surface area contributed by atoms with Crippen molar-refractivity contribution in [1.29, 1.82) is 0 Å². The number of nitrogens with zero attached hydrogens (tertiary/aromatic N) is 1. The largest absolute Gasteiger partial charge is 0.502 e. The summed E-state index contributed by atoms with van der Waals surface area (Å²) in [7, 11) is 0. The van der Waals surface area contributed by atoms with Crippen LogP contribution < -0.4 is 4.74 Å². The highest BCUT2D eigenvalue weighted by Crippen LogP contribution is 2.27. The maximum absolute atomic E-state index is 14.2. The van der Waals surface area contributed by atoms with E-state index in [4.69, 9.17) is 9.47 Å². The molecule has 3 nitrogen and oxygen atoms in total. The van der Waals surface area contributed by atoms with Crippen LogP contribution in [0.4, 0.5) is 8.78 Å². The van der Waals surface area contributed by atoms with Crippen molar-refractivity contribution in [3.63, 3.8) is 0 Å². The minimum atomic E-state index is -0.629. The third-order valence-corrected chi connectivity index (χ3v) is 5.85. The topological polar surface area (TPSA) is 31.4 Å². The van der Waals surface area contributed by atoms with Gasteiger partial charge in [-0.05, 0) is 77.9 Å². The van der Waals surface area contributed by atoms with Crippen LogP contribution in [-0.4, -0.2) is 18.2 Å². The quantitative estimate of drug-likeness (QED) is 0.112. The number of benzene rings is 3. The second-order valence-corrected chi connectivity index (χ2v) is 8.52. The molecule has 1 heterocycles. The summed E-state index contributed by atoms with van der Waals surface area (Å²) in [5.74, 6) is -0.376. The molecule has 5 heteroatoms. The Morgan fingerprint density at radius 2 is 1.43 bits per heavy atom. The Hall–Kier alpha value is -4.25. The lowest BCUT2D eigenvalue weighted by Gasteiger charge is -2.07. The smallest absolute Gasteiger partial charge is 0.135 e. The van der Waals surface area contributed by atoms with Crippen molar-refractivity contribution in [2.75, 3.05) is 13.2 Å². The summed E-state index contributed by atoms with van der Waals surface area (Å²) in [5.41, 5.74) is 4.77. The summed E-state index contributed by atoms with van der Waals surface area (Å²) in [6.45, 7) is 4.92. The zero-order valence-electron chi connectivity index (χ0n) is 20.6. The molecule has 0 bridgehead atoms. The highest BCUT2D eigenvalue weighted by Gasteiger charge is 2.09. The number of pyridine rings is 1. The predicted molar refractivity (Wildman–Crippen MR) is 146 cm³/mol. The van der Waals surface area contributed by atoms with Gasteiger partial charge in [-0.2, -0.15) is 0 Å². The fraction of sp³-hybridized carbons (Fsp3) is 0.156. The Morgan fingerprint density at radius 1 is 0.730 bits per heavy atom. The molecule has 3 aromatic carbocycles. The van der Waals surface area contributed by atoms with E-state index in [1.165, 1.54) is 18.4 Å². The molecule has 1 aromatic heterocycles. The van der Waals surface area contributed by atoms with E-state index < -0.39 is 11.6 Å². The Labute approximate surface area is 216 Å². The summed E-state index contributed by atoms with van der Waals surface area (Å²) in [6, 6.07) is 23.3. The van der Waals surface area contributed by atoms with E-state index in [1.807, 2.05) is 60.7 Å². The first-order valence-electron chi connectivity index (χ1n) is 12.3. The fourth-order valence-corrected chi connectivity index (χ4v) is 3.85. The number of ether oxygens (including phenoxy) is 2. The van der Waals surface area contributed by atoms with Crippen molar-refractivity contribution >= 4 is 12.2 Å². The molecule has 0 saturated carbocycles. The molecule has 0 N–H and O–H groups in total. The van der Waals surface area contributed by atoms with Crippen LogP contribution in [0.15, 0.2) is 97.9 Å². The van der Waals surface area contributed by atoms with E-state index >= 15 is 0 Å². The molecule has 0 amide bonds. The standard InChI is InChI=1S/C32H29F2NO2/c1-2-36-20-4-3-5-21-37-29-15-10-25(11-16-29)7-6-24-8-12-26(13-9-24)27-18-19-35-32(22-27)30-17-14-28(33)23-31(30)34/h2,6-19,22-23H,1,3-5,20-21H2/b7-6+. The molecular weight excluding hydrogens is 468 g/mol. The minimum Gasteiger partial charge on any atom is -0.502 e. The Balaban J connectivity index is 1.32. The van der Waals surface area contributed by atoms with E-state index in [-0.39, 0.29) is 5.56 Å². The third kappa shape index (κ3) is 7.61. The first kappa shape index (κ1) is 25.8. The lowest BCUT2D eigenvalue weighted by molar-refractivity contribution is 0.235. The van der Waals surface area contributed by atoms with Gasteiger partial charge in [-0.1, -0.05) is 55.1 Å². The van der Waals surface area contributed by atoms with Gasteiger partial charge in [0.05, 0.1) is 25.2 Å². The maximum atomic E-state index is 14.2. The number of hydrogen-bond donors (Lipinski definition) is 0. The molecule has 0 unspecified atom stereocenters. The number of rotatable bonds is 12. The first-order chi connectivity index (χ1) is 18.1. The van der Waals surface area contributed by atoms with Gasteiger partial charge in [0.2, 0.25) is 0 Å². The molecule has 37 heavy (non-hydrogen) atoms. The second-order valence-electron chi connectivity index (χ2n) is 8.52. The van der Waals surface area contributed by atoms with Gasteiger partial charge in [0.1, 0.15) is 17.4 Å². The van der Waals surface area contributed by atoms with Gasteiger partial charge < -0.3 is 9.47 Å². The van der Waals surface area contributed by atoms with E-state index in [9.17, 15) is 8.78 Å². The SMILES string of the molecule is C=COCCCCCOc1ccc(/C=C/c2ccc(-c3ccnc(-c4ccc(F)cc4F)c3)cc2)cc1. The second kappa shape index (κ2) is 13.2. The number of hydrogen-bond acceptors (Lipinski definition) is 3. The van der Waals surface area contributed by atoms with Crippen molar-refractivity contribution < 1.29 is 18.3 Å². The van der Waals surface area contributed by atoms with Gasteiger partial charge >= 0.3 is 0 Å². The minimum absolute atomic E-state index is 0.272. The lowest BCUT2D eigenvalue weighted by Crippen LogP contribution is -1.98. The number of halogens is 2. The summed E-state index contributed by atoms with van der Waals surface area (Å²) < 4.78 is 38.4. The Kier molecular flexibility index (Phi) is 9.19. The van der Waals surface area contributed by atoms with E-state index in [2.05, 4.69) is 23.7 Å². The van der Waals surface area contributed by atoms with Gasteiger partial charge in [0, 0.05) is 17.8 Å². The number of unbranched alkanes of at least 4 members (excludes halogenated alkanes) is 2. The maximum Gasteiger partial charge on any atom is 0.135 e. The van der Waals surface area contributed by atoms with Crippen molar-refractivity contribution in [1.82, 2.24) is 4.98 Å². The Morgan fingerprint density at radius 3 is 2.14 bits per heavy atom. The zero-order valence-corrected chi connectivity index (χ0v) is 20.6. The molecule has 0 aliphatic heterocycles. The molecule has 188 valence electrons. The Bertz CT molecular complexity index is 1330. The molecule has 0 saturated heterocycles. The van der Waals surface area contributed by atoms with Gasteiger partial charge in [-0.15, -0.1) is 0 Å². The number of aromatic nitrogens is 1. The molecule has 0 atom stereocenters. The van der Waals surface area contributed by atoms with Crippen molar-refractivity contribution in [3.05, 3.63) is 121 Å². The van der Waals surface area contributed by atoms with Gasteiger partial charge in [-0.25, -0.2) is 8.78 Å². The highest BCUT2D eigenvalue weighted by atomic mass is 19.1. The van der Waals surface area contributed by atoms with Crippen molar-refractivity contribution in [2.45, 2.75) is 19.3 Å². The van der Waals surface area contributed by atoms with Crippen LogP contribution in [0.1, 0.15) is 30.4 Å². The van der Waals surface area contributed by atoms with Crippen LogP contribution in [0.5, 0.6) is 5.75 Å². The van der Waals surface area contributed by atoms with Crippen LogP contribution in [0.3, 0.4) is 0 Å². The monoisotopic (exact) mass is 497 g/mol.